The Kier molecular flexibility index (Phi) is 3.82. The number of ether oxygens (including phenoxy) is 1. The molecule has 124 valence electrons. The summed E-state index contributed by atoms with van der Waals surface area (Å²) in [5.41, 5.74) is 2.33. The van der Waals surface area contributed by atoms with Gasteiger partial charge < -0.3 is 19.0 Å². The Morgan fingerprint density at radius 3 is 3.08 bits per heavy atom. The van der Waals surface area contributed by atoms with E-state index in [0.29, 0.717) is 12.2 Å². The minimum Gasteiger partial charge on any atom is -0.463 e. The van der Waals surface area contributed by atoms with Crippen LogP contribution in [-0.2, 0) is 11.8 Å². The minimum absolute atomic E-state index is 0.0438. The molecule has 3 aromatic rings. The summed E-state index contributed by atoms with van der Waals surface area (Å²) in [6.07, 6.45) is 6.60. The highest BCUT2D eigenvalue weighted by atomic mass is 16.5. The van der Waals surface area contributed by atoms with Crippen molar-refractivity contribution in [2.75, 3.05) is 6.61 Å². The van der Waals surface area contributed by atoms with Gasteiger partial charge in [0.2, 0.25) is 0 Å². The predicted molar refractivity (Wildman–Crippen MR) is 88.6 cm³/mol. The third-order valence-electron chi connectivity index (χ3n) is 4.53. The van der Waals surface area contributed by atoms with Crippen molar-refractivity contribution in [2.45, 2.75) is 25.0 Å². The van der Waals surface area contributed by atoms with E-state index in [1.807, 2.05) is 42.1 Å². The van der Waals surface area contributed by atoms with Crippen LogP contribution in [0.4, 0.5) is 0 Å². The number of furan rings is 1. The topological polar surface area (TPSA) is 69.3 Å². The lowest BCUT2D eigenvalue weighted by Gasteiger charge is -2.30. The van der Waals surface area contributed by atoms with E-state index in [9.17, 15) is 4.79 Å². The van der Waals surface area contributed by atoms with Crippen LogP contribution in [-0.4, -0.2) is 28.1 Å². The highest BCUT2D eigenvalue weighted by molar-refractivity contribution is 6.05. The van der Waals surface area contributed by atoms with Crippen LogP contribution in [0.3, 0.4) is 0 Å². The van der Waals surface area contributed by atoms with Gasteiger partial charge in [0, 0.05) is 25.1 Å². The molecule has 1 aliphatic heterocycles. The maximum absolute atomic E-state index is 12.6. The highest BCUT2D eigenvalue weighted by Crippen LogP contribution is 2.28. The number of aromatic nitrogens is 2. The van der Waals surface area contributed by atoms with Gasteiger partial charge in [0.25, 0.3) is 5.91 Å². The summed E-state index contributed by atoms with van der Waals surface area (Å²) in [5, 5.41) is 3.95. The van der Waals surface area contributed by atoms with Crippen LogP contribution in [0, 0.1) is 0 Å². The molecule has 0 radical (unpaired) electrons. The molecular weight excluding hydrogens is 306 g/mol. The number of carbonyl (C=O) groups is 1. The molecule has 6 nitrogen and oxygen atoms in total. The maximum atomic E-state index is 12.6. The quantitative estimate of drug-likeness (QED) is 0.804. The molecule has 2 aromatic heterocycles. The van der Waals surface area contributed by atoms with Gasteiger partial charge in [0.15, 0.2) is 0 Å². The van der Waals surface area contributed by atoms with Gasteiger partial charge in [-0.2, -0.15) is 0 Å². The smallest absolute Gasteiger partial charge is 0.255 e. The molecule has 24 heavy (non-hydrogen) atoms. The molecule has 0 unspecified atom stereocenters. The minimum atomic E-state index is -0.101. The van der Waals surface area contributed by atoms with E-state index in [1.165, 1.54) is 6.26 Å². The second kappa shape index (κ2) is 6.13. The third-order valence-corrected chi connectivity index (χ3v) is 4.53. The van der Waals surface area contributed by atoms with Crippen LogP contribution in [0.15, 0.2) is 47.5 Å². The van der Waals surface area contributed by atoms with E-state index in [0.717, 1.165) is 29.5 Å². The molecule has 1 aromatic carbocycles. The zero-order valence-corrected chi connectivity index (χ0v) is 13.4. The van der Waals surface area contributed by atoms with E-state index >= 15 is 0 Å². The largest absolute Gasteiger partial charge is 0.463 e. The molecule has 1 fully saturated rings. The number of fused-ring (bicyclic) bond motifs is 1. The van der Waals surface area contributed by atoms with Gasteiger partial charge in [0.1, 0.15) is 18.0 Å². The first-order valence-electron chi connectivity index (χ1n) is 8.07. The number of benzene rings is 1. The van der Waals surface area contributed by atoms with E-state index in [2.05, 4.69) is 10.3 Å². The van der Waals surface area contributed by atoms with Crippen LogP contribution in [0.1, 0.15) is 35.0 Å². The van der Waals surface area contributed by atoms with Gasteiger partial charge in [-0.05, 0) is 18.9 Å². The summed E-state index contributed by atoms with van der Waals surface area (Å²) in [5.74, 6) is -0.101. The first-order valence-corrected chi connectivity index (χ1v) is 8.07. The molecule has 0 bridgehead atoms. The van der Waals surface area contributed by atoms with E-state index in [-0.39, 0.29) is 18.1 Å². The van der Waals surface area contributed by atoms with Crippen LogP contribution >= 0.6 is 0 Å². The van der Waals surface area contributed by atoms with Gasteiger partial charge in [-0.25, -0.2) is 4.98 Å². The number of para-hydroxylation sites is 1. The van der Waals surface area contributed by atoms with Crippen molar-refractivity contribution in [3.8, 4) is 0 Å². The SMILES string of the molecule is Cn1cncc1[C@@H]1C[C@H](NC(=O)c2coc3ccccc23)CCO1. The number of aryl methyl sites for hydroxylation is 1. The highest BCUT2D eigenvalue weighted by Gasteiger charge is 2.27. The van der Waals surface area contributed by atoms with Crippen LogP contribution in [0.2, 0.25) is 0 Å². The lowest BCUT2D eigenvalue weighted by atomic mass is 10.0. The normalized spacial score (nSPS) is 21.0. The summed E-state index contributed by atoms with van der Waals surface area (Å²) >= 11 is 0. The molecule has 1 amide bonds. The Balaban J connectivity index is 1.48. The molecule has 0 spiro atoms. The van der Waals surface area contributed by atoms with Crippen molar-refractivity contribution < 1.29 is 13.9 Å². The van der Waals surface area contributed by atoms with Gasteiger partial charge in [0.05, 0.1) is 23.8 Å². The Morgan fingerprint density at radius 2 is 2.25 bits per heavy atom. The lowest BCUT2D eigenvalue weighted by molar-refractivity contribution is -0.00300. The Hall–Kier alpha value is -2.60. The summed E-state index contributed by atoms with van der Waals surface area (Å²) < 4.78 is 13.3. The van der Waals surface area contributed by atoms with Crippen molar-refractivity contribution in [3.63, 3.8) is 0 Å². The summed E-state index contributed by atoms with van der Waals surface area (Å²) in [7, 11) is 1.95. The summed E-state index contributed by atoms with van der Waals surface area (Å²) in [6.45, 7) is 0.618. The fourth-order valence-corrected chi connectivity index (χ4v) is 3.23. The molecule has 2 atom stereocenters. The predicted octanol–water partition coefficient (Wildman–Crippen LogP) is 2.82. The zero-order chi connectivity index (χ0) is 16.5. The number of hydrogen-bond acceptors (Lipinski definition) is 4. The van der Waals surface area contributed by atoms with Crippen molar-refractivity contribution in [1.29, 1.82) is 0 Å². The number of carbonyl (C=O) groups excluding carboxylic acids is 1. The molecule has 0 saturated carbocycles. The van der Waals surface area contributed by atoms with Crippen molar-refractivity contribution >= 4 is 16.9 Å². The van der Waals surface area contributed by atoms with E-state index in [4.69, 9.17) is 9.15 Å². The average Bonchev–Trinajstić information content (AvgIpc) is 3.21. The Labute approximate surface area is 139 Å². The third kappa shape index (κ3) is 2.69. The number of hydrogen-bond donors (Lipinski definition) is 1. The van der Waals surface area contributed by atoms with E-state index < -0.39 is 0 Å². The van der Waals surface area contributed by atoms with Crippen molar-refractivity contribution in [3.05, 3.63) is 54.3 Å². The molecular formula is C18H19N3O3. The molecule has 4 rings (SSSR count). The van der Waals surface area contributed by atoms with Gasteiger partial charge in [-0.3, -0.25) is 4.79 Å². The molecule has 1 aliphatic rings. The molecule has 3 heterocycles. The number of imidazole rings is 1. The number of amides is 1. The van der Waals surface area contributed by atoms with Crippen molar-refractivity contribution in [2.24, 2.45) is 7.05 Å². The summed E-state index contributed by atoms with van der Waals surface area (Å²) in [6, 6.07) is 7.63. The second-order valence-corrected chi connectivity index (χ2v) is 6.13. The van der Waals surface area contributed by atoms with Crippen molar-refractivity contribution in [1.82, 2.24) is 14.9 Å². The lowest BCUT2D eigenvalue weighted by Crippen LogP contribution is -2.40. The second-order valence-electron chi connectivity index (χ2n) is 6.13. The van der Waals surface area contributed by atoms with Gasteiger partial charge >= 0.3 is 0 Å². The average molecular weight is 325 g/mol. The Morgan fingerprint density at radius 1 is 1.38 bits per heavy atom. The number of nitrogens with zero attached hydrogens (tertiary/aromatic N) is 2. The molecule has 1 saturated heterocycles. The van der Waals surface area contributed by atoms with Gasteiger partial charge in [-0.15, -0.1) is 0 Å². The zero-order valence-electron chi connectivity index (χ0n) is 13.4. The summed E-state index contributed by atoms with van der Waals surface area (Å²) in [4.78, 5) is 16.8. The maximum Gasteiger partial charge on any atom is 0.255 e. The molecule has 0 aliphatic carbocycles. The van der Waals surface area contributed by atoms with Crippen LogP contribution < -0.4 is 5.32 Å². The number of nitrogens with one attached hydrogen (secondary N) is 1. The molecule has 6 heteroatoms. The monoisotopic (exact) mass is 325 g/mol. The fraction of sp³-hybridized carbons (Fsp3) is 0.333. The van der Waals surface area contributed by atoms with Crippen LogP contribution in [0.5, 0.6) is 0 Å². The fourth-order valence-electron chi connectivity index (χ4n) is 3.23. The first kappa shape index (κ1) is 15.0. The molecule has 1 N–H and O–H groups in total. The Bertz CT molecular complexity index is 867. The van der Waals surface area contributed by atoms with Gasteiger partial charge in [-0.1, -0.05) is 18.2 Å². The van der Waals surface area contributed by atoms with E-state index in [1.54, 1.807) is 6.33 Å². The standard InChI is InChI=1S/C18H19N3O3/c1-21-11-19-9-15(21)17-8-12(6-7-23-17)20-18(22)14-10-24-16-5-3-2-4-13(14)16/h2-5,9-12,17H,6-8H2,1H3,(H,20,22)/t12-,17+/m1/s1. The first-order chi connectivity index (χ1) is 11.7. The van der Waals surface area contributed by atoms with Crippen LogP contribution in [0.25, 0.3) is 11.0 Å². The number of rotatable bonds is 3.